The van der Waals surface area contributed by atoms with Gasteiger partial charge < -0.3 is 0 Å². The number of nitrogens with zero attached hydrogens (tertiary/aromatic N) is 4. The first-order chi connectivity index (χ1) is 16.0. The van der Waals surface area contributed by atoms with Crippen molar-refractivity contribution in [2.75, 3.05) is 4.90 Å². The Kier molecular flexibility index (Phi) is 3.95. The van der Waals surface area contributed by atoms with Gasteiger partial charge in [-0.25, -0.2) is 23.3 Å². The normalized spacial score (nSPS) is 13.4. The van der Waals surface area contributed by atoms with Crippen LogP contribution >= 0.6 is 0 Å². The molecule has 0 fully saturated rings. The number of hydrogen-bond donors (Lipinski definition) is 0. The number of rotatable bonds is 2. The fourth-order valence-corrected chi connectivity index (χ4v) is 4.38. The maximum atomic E-state index is 13.8. The van der Waals surface area contributed by atoms with Crippen LogP contribution in [0.5, 0.6) is 0 Å². The van der Waals surface area contributed by atoms with Crippen LogP contribution in [-0.2, 0) is 0 Å². The van der Waals surface area contributed by atoms with Crippen LogP contribution < -0.4 is 4.90 Å². The first kappa shape index (κ1) is 19.2. The lowest BCUT2D eigenvalue weighted by atomic mass is 10.1. The van der Waals surface area contributed by atoms with Crippen LogP contribution in [0.2, 0.25) is 0 Å². The minimum Gasteiger partial charge on any atom is -0.268 e. The summed E-state index contributed by atoms with van der Waals surface area (Å²) < 4.78 is 28.6. The van der Waals surface area contributed by atoms with E-state index >= 15 is 0 Å². The molecular weight excluding hydrogens is 426 g/mol. The highest BCUT2D eigenvalue weighted by atomic mass is 19.2. The topological polar surface area (TPSA) is 68.1 Å². The van der Waals surface area contributed by atoms with Crippen molar-refractivity contribution in [1.82, 2.24) is 14.8 Å². The van der Waals surface area contributed by atoms with E-state index in [0.29, 0.717) is 16.8 Å². The van der Waals surface area contributed by atoms with E-state index in [2.05, 4.69) is 10.1 Å². The van der Waals surface area contributed by atoms with Gasteiger partial charge in [0, 0.05) is 17.6 Å². The molecule has 6 nitrogen and oxygen atoms in total. The van der Waals surface area contributed by atoms with Crippen molar-refractivity contribution in [2.45, 2.75) is 6.92 Å². The second kappa shape index (κ2) is 6.77. The highest BCUT2D eigenvalue weighted by Gasteiger charge is 2.40. The monoisotopic (exact) mass is 440 g/mol. The average molecular weight is 440 g/mol. The Morgan fingerprint density at radius 1 is 0.879 bits per heavy atom. The van der Waals surface area contributed by atoms with Crippen LogP contribution in [0.4, 0.5) is 14.5 Å². The zero-order chi connectivity index (χ0) is 22.9. The molecule has 0 radical (unpaired) electrons. The summed E-state index contributed by atoms with van der Waals surface area (Å²) in [7, 11) is 0. The average Bonchev–Trinajstić information content (AvgIpc) is 3.29. The number of carbonyl (C=O) groups excluding carboxylic acids is 2. The molecule has 0 spiro atoms. The van der Waals surface area contributed by atoms with Gasteiger partial charge in [0.25, 0.3) is 11.8 Å². The number of aryl methyl sites for hydroxylation is 1. The highest BCUT2D eigenvalue weighted by Crippen LogP contribution is 2.37. The molecule has 0 unspecified atom stereocenters. The van der Waals surface area contributed by atoms with E-state index in [4.69, 9.17) is 0 Å². The van der Waals surface area contributed by atoms with E-state index in [-0.39, 0.29) is 22.5 Å². The third-order valence-corrected chi connectivity index (χ3v) is 5.88. The maximum absolute atomic E-state index is 13.8. The summed E-state index contributed by atoms with van der Waals surface area (Å²) in [6, 6.07) is 16.3. The molecule has 0 N–H and O–H groups in total. The van der Waals surface area contributed by atoms with Gasteiger partial charge in [-0.3, -0.25) is 9.59 Å². The van der Waals surface area contributed by atoms with Crippen molar-refractivity contribution >= 4 is 39.3 Å². The van der Waals surface area contributed by atoms with Crippen LogP contribution in [0, 0.1) is 18.6 Å². The van der Waals surface area contributed by atoms with E-state index in [1.165, 1.54) is 16.9 Å². The third kappa shape index (κ3) is 2.64. The van der Waals surface area contributed by atoms with E-state index in [9.17, 15) is 18.4 Å². The van der Waals surface area contributed by atoms with E-state index < -0.39 is 23.4 Å². The zero-order valence-electron chi connectivity index (χ0n) is 17.2. The molecule has 0 saturated carbocycles. The molecule has 33 heavy (non-hydrogen) atoms. The Hall–Kier alpha value is -4.46. The molecule has 6 rings (SSSR count). The first-order valence-corrected chi connectivity index (χ1v) is 10.2. The standard InChI is InChI=1S/C25H14F2N4O2/c1-13-21-22-17(12-28-23(21)31(29-13)15-9-10-18(26)19(27)11-15)24(32)30(25(22)33)20-8-4-6-14-5-2-3-7-16(14)20/h2-12H,1H3. The summed E-state index contributed by atoms with van der Waals surface area (Å²) in [5.74, 6) is -2.96. The number of hydrogen-bond acceptors (Lipinski definition) is 4. The van der Waals surface area contributed by atoms with Crippen LogP contribution in [-0.4, -0.2) is 26.6 Å². The smallest absolute Gasteiger partial charge is 0.267 e. The van der Waals surface area contributed by atoms with Gasteiger partial charge in [-0.15, -0.1) is 0 Å². The van der Waals surface area contributed by atoms with E-state index in [1.54, 1.807) is 19.1 Å². The molecule has 160 valence electrons. The number of imide groups is 1. The van der Waals surface area contributed by atoms with Crippen molar-refractivity contribution in [1.29, 1.82) is 0 Å². The van der Waals surface area contributed by atoms with Crippen molar-refractivity contribution in [3.63, 3.8) is 0 Å². The fraction of sp³-hybridized carbons (Fsp3) is 0.0400. The van der Waals surface area contributed by atoms with Crippen molar-refractivity contribution < 1.29 is 18.4 Å². The molecule has 3 heterocycles. The number of aromatic nitrogens is 3. The number of benzene rings is 3. The summed E-state index contributed by atoms with van der Waals surface area (Å²) in [4.78, 5) is 32.4. The number of pyridine rings is 1. The molecule has 1 aliphatic rings. The van der Waals surface area contributed by atoms with Gasteiger partial charge in [-0.1, -0.05) is 36.4 Å². The third-order valence-electron chi connectivity index (χ3n) is 5.88. The molecule has 0 aliphatic carbocycles. The van der Waals surface area contributed by atoms with Gasteiger partial charge in [0.1, 0.15) is 0 Å². The molecule has 5 aromatic rings. The van der Waals surface area contributed by atoms with Crippen LogP contribution in [0.15, 0.2) is 66.9 Å². The molecule has 1 aliphatic heterocycles. The van der Waals surface area contributed by atoms with Crippen LogP contribution in [0.25, 0.3) is 27.5 Å². The minimum absolute atomic E-state index is 0.174. The van der Waals surface area contributed by atoms with Gasteiger partial charge in [0.15, 0.2) is 17.3 Å². The molecule has 0 bridgehead atoms. The lowest BCUT2D eigenvalue weighted by molar-refractivity contribution is 0.0927. The van der Waals surface area contributed by atoms with Gasteiger partial charge in [-0.05, 0) is 30.5 Å². The van der Waals surface area contributed by atoms with Gasteiger partial charge in [0.2, 0.25) is 0 Å². The number of amides is 2. The van der Waals surface area contributed by atoms with E-state index in [1.807, 2.05) is 30.3 Å². The minimum atomic E-state index is -1.02. The van der Waals surface area contributed by atoms with Gasteiger partial charge in [0.05, 0.1) is 33.6 Å². The number of halogens is 2. The number of carbonyl (C=O) groups is 2. The Morgan fingerprint density at radius 3 is 2.48 bits per heavy atom. The summed E-state index contributed by atoms with van der Waals surface area (Å²) in [6.45, 7) is 1.68. The Morgan fingerprint density at radius 2 is 1.67 bits per heavy atom. The molecule has 3 aromatic carbocycles. The predicted molar refractivity (Wildman–Crippen MR) is 119 cm³/mol. The lowest BCUT2D eigenvalue weighted by Gasteiger charge is -2.16. The molecule has 2 aromatic heterocycles. The molecular formula is C25H14F2N4O2. The first-order valence-electron chi connectivity index (χ1n) is 10.2. The second-order valence-corrected chi connectivity index (χ2v) is 7.79. The largest absolute Gasteiger partial charge is 0.268 e. The highest BCUT2D eigenvalue weighted by molar-refractivity contribution is 6.38. The van der Waals surface area contributed by atoms with Crippen LogP contribution in [0.3, 0.4) is 0 Å². The molecule has 0 atom stereocenters. The summed E-state index contributed by atoms with van der Waals surface area (Å²) in [5, 5.41) is 6.47. The molecule has 2 amide bonds. The fourth-order valence-electron chi connectivity index (χ4n) is 4.38. The Bertz CT molecular complexity index is 1650. The summed E-state index contributed by atoms with van der Waals surface area (Å²) >= 11 is 0. The number of anilines is 1. The maximum Gasteiger partial charge on any atom is 0.267 e. The van der Waals surface area contributed by atoms with Gasteiger partial charge >= 0.3 is 0 Å². The quantitative estimate of drug-likeness (QED) is 0.364. The zero-order valence-corrected chi connectivity index (χ0v) is 17.2. The SMILES string of the molecule is Cc1nn(-c2ccc(F)c(F)c2)c2ncc3c(c12)C(=O)N(c1cccc2ccccc12)C3=O. The second-order valence-electron chi connectivity index (χ2n) is 7.79. The molecule has 0 saturated heterocycles. The lowest BCUT2D eigenvalue weighted by Crippen LogP contribution is -2.29. The summed E-state index contributed by atoms with van der Waals surface area (Å²) in [5.41, 5.74) is 1.83. The van der Waals surface area contributed by atoms with Gasteiger partial charge in [-0.2, -0.15) is 5.10 Å². The van der Waals surface area contributed by atoms with Crippen molar-refractivity contribution in [3.05, 3.63) is 95.3 Å². The van der Waals surface area contributed by atoms with Crippen molar-refractivity contribution in [3.8, 4) is 5.69 Å². The predicted octanol–water partition coefficient (Wildman–Crippen LogP) is 4.96. The number of fused-ring (bicyclic) bond motifs is 4. The summed E-state index contributed by atoms with van der Waals surface area (Å²) in [6.07, 6.45) is 1.33. The molecule has 8 heteroatoms. The Balaban J connectivity index is 1.56. The Labute approximate surface area is 185 Å². The van der Waals surface area contributed by atoms with Crippen molar-refractivity contribution in [2.24, 2.45) is 0 Å². The van der Waals surface area contributed by atoms with E-state index in [0.717, 1.165) is 27.8 Å². The van der Waals surface area contributed by atoms with Crippen LogP contribution in [0.1, 0.15) is 26.4 Å².